The van der Waals surface area contributed by atoms with Crippen LogP contribution < -0.4 is 0 Å². The van der Waals surface area contributed by atoms with E-state index in [1.165, 1.54) is 0 Å². The molecule has 0 radical (unpaired) electrons. The molecule has 0 saturated carbocycles. The largest absolute Gasteiger partial charge is 0.477 e. The molecule has 0 aliphatic heterocycles. The van der Waals surface area contributed by atoms with Crippen molar-refractivity contribution in [1.29, 1.82) is 0 Å². The zero-order valence-corrected chi connectivity index (χ0v) is 41.8. The number of nitrogens with zero attached hydrogens (tertiary/aromatic N) is 1. The molecule has 0 aromatic heterocycles. The number of unbranched alkanes of at least 4 members (excludes halogenated alkanes) is 4. The van der Waals surface area contributed by atoms with Crippen molar-refractivity contribution in [2.24, 2.45) is 0 Å². The summed E-state index contributed by atoms with van der Waals surface area (Å²) in [6.45, 7) is 4.38. The summed E-state index contributed by atoms with van der Waals surface area (Å²) in [5, 5.41) is 9.65. The summed E-state index contributed by atoms with van der Waals surface area (Å²) in [5.74, 6) is -1.61. The van der Waals surface area contributed by atoms with E-state index in [1.54, 1.807) is 0 Å². The number of carboxylic acids is 1. The number of esters is 2. The quantitative estimate of drug-likeness (QED) is 0.0282. The molecule has 0 rings (SSSR count). The lowest BCUT2D eigenvalue weighted by molar-refractivity contribution is -0.887. The molecule has 0 aliphatic rings. The van der Waals surface area contributed by atoms with E-state index in [1.807, 2.05) is 21.1 Å². The molecule has 0 aromatic carbocycles. The smallest absolute Gasteiger partial charge is 0.362 e. The predicted octanol–water partition coefficient (Wildman–Crippen LogP) is 14.5. The molecule has 0 spiro atoms. The monoisotopic (exact) mass is 913 g/mol. The number of carboxylic acid groups (broad SMARTS) is 1. The van der Waals surface area contributed by atoms with Crippen molar-refractivity contribution in [3.05, 3.63) is 146 Å². The number of hydrogen-bond acceptors (Lipinski definition) is 6. The summed E-state index contributed by atoms with van der Waals surface area (Å²) in [6.07, 6.45) is 69.1. The van der Waals surface area contributed by atoms with Gasteiger partial charge >= 0.3 is 17.9 Å². The first-order chi connectivity index (χ1) is 32.1. The first-order valence-corrected chi connectivity index (χ1v) is 24.9. The lowest BCUT2D eigenvalue weighted by Crippen LogP contribution is -2.50. The van der Waals surface area contributed by atoms with Crippen LogP contribution in [0, 0.1) is 0 Å². The van der Waals surface area contributed by atoms with Crippen LogP contribution in [0.25, 0.3) is 0 Å². The van der Waals surface area contributed by atoms with Gasteiger partial charge in [-0.3, -0.25) is 9.59 Å². The molecule has 0 aromatic rings. The molecule has 8 heteroatoms. The van der Waals surface area contributed by atoms with Gasteiger partial charge in [0.1, 0.15) is 6.61 Å². The lowest BCUT2D eigenvalue weighted by Gasteiger charge is -2.31. The summed E-state index contributed by atoms with van der Waals surface area (Å²) in [6, 6.07) is -0.641. The Morgan fingerprint density at radius 3 is 1.20 bits per heavy atom. The van der Waals surface area contributed by atoms with Crippen LogP contribution in [0.2, 0.25) is 0 Å². The van der Waals surface area contributed by atoms with E-state index in [9.17, 15) is 19.5 Å². The number of allylic oxidation sites excluding steroid dienone is 24. The predicted molar refractivity (Wildman–Crippen MR) is 279 cm³/mol. The zero-order valence-electron chi connectivity index (χ0n) is 41.8. The number of carbonyl (C=O) groups excluding carboxylic acids is 2. The fraction of sp³-hybridized carbons (Fsp3) is 0.534. The van der Waals surface area contributed by atoms with Gasteiger partial charge in [0.15, 0.2) is 12.1 Å². The van der Waals surface area contributed by atoms with Crippen molar-refractivity contribution in [2.45, 2.75) is 161 Å². The lowest BCUT2D eigenvalue weighted by atomic mass is 10.1. The van der Waals surface area contributed by atoms with Crippen LogP contribution in [0.1, 0.15) is 149 Å². The molecule has 2 atom stereocenters. The Balaban J connectivity index is 4.48. The van der Waals surface area contributed by atoms with E-state index in [4.69, 9.17) is 14.2 Å². The maximum absolute atomic E-state index is 12.8. The summed E-state index contributed by atoms with van der Waals surface area (Å²) < 4.78 is 17.2. The van der Waals surface area contributed by atoms with Gasteiger partial charge < -0.3 is 23.8 Å². The van der Waals surface area contributed by atoms with E-state index in [2.05, 4.69) is 160 Å². The van der Waals surface area contributed by atoms with E-state index in [0.29, 0.717) is 19.3 Å². The maximum Gasteiger partial charge on any atom is 0.362 e. The van der Waals surface area contributed by atoms with E-state index in [0.717, 1.165) is 109 Å². The van der Waals surface area contributed by atoms with Crippen LogP contribution in [-0.4, -0.2) is 80.6 Å². The molecule has 0 aliphatic carbocycles. The normalized spacial score (nSPS) is 14.1. The van der Waals surface area contributed by atoms with Gasteiger partial charge in [0.05, 0.1) is 34.4 Å². The summed E-state index contributed by atoms with van der Waals surface area (Å²) in [7, 11) is 5.48. The summed E-state index contributed by atoms with van der Waals surface area (Å²) in [5.41, 5.74) is 0. The Labute approximate surface area is 402 Å². The number of ether oxygens (including phenoxy) is 3. The molecule has 2 unspecified atom stereocenters. The van der Waals surface area contributed by atoms with Crippen LogP contribution in [-0.2, 0) is 28.6 Å². The Hall–Kier alpha value is -4.79. The second-order valence-electron chi connectivity index (χ2n) is 17.0. The van der Waals surface area contributed by atoms with Crippen molar-refractivity contribution in [3.8, 4) is 0 Å². The third kappa shape index (κ3) is 44.4. The highest BCUT2D eigenvalue weighted by Crippen LogP contribution is 2.11. The fourth-order valence-electron chi connectivity index (χ4n) is 6.22. The van der Waals surface area contributed by atoms with Crippen molar-refractivity contribution in [2.75, 3.05) is 41.0 Å². The van der Waals surface area contributed by atoms with Crippen LogP contribution in [0.4, 0.5) is 0 Å². The zero-order chi connectivity index (χ0) is 48.4. The van der Waals surface area contributed by atoms with Crippen molar-refractivity contribution < 1.29 is 38.2 Å². The van der Waals surface area contributed by atoms with Gasteiger partial charge in [-0.2, -0.15) is 0 Å². The van der Waals surface area contributed by atoms with Crippen molar-refractivity contribution in [1.82, 2.24) is 0 Å². The number of hydrogen-bond donors (Lipinski definition) is 1. The molecule has 0 amide bonds. The summed E-state index contributed by atoms with van der Waals surface area (Å²) >= 11 is 0. The van der Waals surface area contributed by atoms with E-state index >= 15 is 0 Å². The Morgan fingerprint density at radius 2 is 0.818 bits per heavy atom. The molecule has 368 valence electrons. The minimum Gasteiger partial charge on any atom is -0.477 e. The summed E-state index contributed by atoms with van der Waals surface area (Å²) in [4.78, 5) is 37.1. The van der Waals surface area contributed by atoms with Crippen molar-refractivity contribution in [3.63, 3.8) is 0 Å². The van der Waals surface area contributed by atoms with Crippen LogP contribution in [0.5, 0.6) is 0 Å². The number of aliphatic carboxylic acids is 1. The van der Waals surface area contributed by atoms with Crippen LogP contribution in [0.15, 0.2) is 146 Å². The minimum absolute atomic E-state index is 0.0155. The van der Waals surface area contributed by atoms with Gasteiger partial charge in [0.25, 0.3) is 0 Å². The van der Waals surface area contributed by atoms with E-state index in [-0.39, 0.29) is 42.7 Å². The first kappa shape index (κ1) is 61.2. The van der Waals surface area contributed by atoms with E-state index < -0.39 is 18.1 Å². The molecule has 0 fully saturated rings. The standard InChI is InChI=1S/C58H89NO7/c1-6-8-10-12-14-16-18-20-22-24-26-28-29-31-32-34-36-38-40-42-44-46-48-56(60)65-53-54(52-64-51-50-55(58(62)63)59(3,4)5)66-57(61)49-47-45-43-41-39-37-35-33-30-27-25-23-21-19-17-15-13-11-9-7-2/h8-11,14-17,20-23,26-28,30-32,35-38,41,43,54-55H,6-7,12-13,18-19,24-25,29,33-34,39-40,42,44-53H2,1-5H3/p+1/b10-8+,11-9+,16-14+,17-15+,22-20+,23-21+,28-26+,30-27+,32-31+,37-35+,38-36+,43-41+. The number of quaternary nitrogens is 1. The van der Waals surface area contributed by atoms with Crippen LogP contribution in [0.3, 0.4) is 0 Å². The highest BCUT2D eigenvalue weighted by molar-refractivity contribution is 5.72. The highest BCUT2D eigenvalue weighted by atomic mass is 16.6. The third-order valence-corrected chi connectivity index (χ3v) is 9.98. The first-order valence-electron chi connectivity index (χ1n) is 24.9. The molecule has 0 heterocycles. The molecule has 8 nitrogen and oxygen atoms in total. The molecular formula is C58H90NO7+. The fourth-order valence-corrected chi connectivity index (χ4v) is 6.22. The maximum atomic E-state index is 12.8. The third-order valence-electron chi connectivity index (χ3n) is 9.98. The Morgan fingerprint density at radius 1 is 0.455 bits per heavy atom. The highest BCUT2D eigenvalue weighted by Gasteiger charge is 2.31. The number of likely N-dealkylation sites (N-methyl/N-ethyl adjacent to an activating group) is 1. The molecule has 66 heavy (non-hydrogen) atoms. The number of carbonyl (C=O) groups is 3. The van der Waals surface area contributed by atoms with Gasteiger partial charge in [0.2, 0.25) is 0 Å². The number of rotatable bonds is 42. The molecular weight excluding hydrogens is 823 g/mol. The van der Waals surface area contributed by atoms with Gasteiger partial charge in [0, 0.05) is 19.3 Å². The topological polar surface area (TPSA) is 99.1 Å². The van der Waals surface area contributed by atoms with Gasteiger partial charge in [-0.25, -0.2) is 4.79 Å². The second-order valence-corrected chi connectivity index (χ2v) is 17.0. The molecule has 0 saturated heterocycles. The van der Waals surface area contributed by atoms with Crippen molar-refractivity contribution >= 4 is 17.9 Å². The molecule has 1 N–H and O–H groups in total. The average molecular weight is 913 g/mol. The van der Waals surface area contributed by atoms with Gasteiger partial charge in [-0.05, 0) is 109 Å². The van der Waals surface area contributed by atoms with Gasteiger partial charge in [-0.15, -0.1) is 0 Å². The SMILES string of the molecule is CC/C=C/C/C=C/C/C=C/C/C=C/C/C=C/C/C=C/CCCCCC(=O)OCC(COCCC(C(=O)O)[N+](C)(C)C)OC(=O)CCC/C=C/C/C=C/C/C=C/C/C=C/C/C=C/C/C=C/CC. The van der Waals surface area contributed by atoms with Gasteiger partial charge in [-0.1, -0.05) is 166 Å². The molecule has 0 bridgehead atoms. The Bertz CT molecular complexity index is 1580. The Kier molecular flexibility index (Phi) is 43.3. The average Bonchev–Trinajstić information content (AvgIpc) is 3.28. The van der Waals surface area contributed by atoms with Crippen LogP contribution >= 0.6 is 0 Å². The second kappa shape index (κ2) is 46.7. The minimum atomic E-state index is -0.896.